The molecule has 0 radical (unpaired) electrons. The normalized spacial score (nSPS) is 11.2. The highest BCUT2D eigenvalue weighted by Gasteiger charge is 2.16. The number of aromatic nitrogens is 3. The fourth-order valence-corrected chi connectivity index (χ4v) is 3.87. The Morgan fingerprint density at radius 2 is 2.00 bits per heavy atom. The van der Waals surface area contributed by atoms with E-state index < -0.39 is 0 Å². The van der Waals surface area contributed by atoms with Crippen LogP contribution in [0.4, 0.5) is 10.8 Å². The summed E-state index contributed by atoms with van der Waals surface area (Å²) in [5, 5.41) is 8.10. The third-order valence-corrected chi connectivity index (χ3v) is 5.37. The monoisotopic (exact) mass is 368 g/mol. The van der Waals surface area contributed by atoms with Crippen LogP contribution in [-0.2, 0) is 7.05 Å². The van der Waals surface area contributed by atoms with Gasteiger partial charge in [-0.05, 0) is 44.2 Å². The maximum atomic E-state index is 6.22. The van der Waals surface area contributed by atoms with Crippen molar-refractivity contribution in [3.05, 3.63) is 58.3 Å². The van der Waals surface area contributed by atoms with Crippen molar-refractivity contribution in [3.8, 4) is 11.3 Å². The first-order valence-corrected chi connectivity index (χ1v) is 9.19. The predicted octanol–water partition coefficient (Wildman–Crippen LogP) is 5.71. The molecule has 126 valence electrons. The molecule has 0 aliphatic rings. The second-order valence-electron chi connectivity index (χ2n) is 6.03. The van der Waals surface area contributed by atoms with Gasteiger partial charge in [0.25, 0.3) is 0 Å². The highest BCUT2D eigenvalue weighted by Crippen LogP contribution is 2.37. The first-order chi connectivity index (χ1) is 12.0. The Morgan fingerprint density at radius 1 is 1.16 bits per heavy atom. The molecule has 3 heterocycles. The zero-order valence-electron chi connectivity index (χ0n) is 14.2. The Kier molecular flexibility index (Phi) is 3.98. The number of halogens is 1. The predicted molar refractivity (Wildman–Crippen MR) is 106 cm³/mol. The molecule has 1 aromatic carbocycles. The van der Waals surface area contributed by atoms with E-state index in [2.05, 4.69) is 40.3 Å². The van der Waals surface area contributed by atoms with Crippen molar-refractivity contribution in [3.63, 3.8) is 0 Å². The van der Waals surface area contributed by atoms with Gasteiger partial charge in [-0.15, -0.1) is 11.3 Å². The highest BCUT2D eigenvalue weighted by molar-refractivity contribution is 7.14. The molecule has 0 atom stereocenters. The van der Waals surface area contributed by atoms with Crippen LogP contribution in [0.25, 0.3) is 22.2 Å². The molecule has 0 aliphatic heterocycles. The lowest BCUT2D eigenvalue weighted by atomic mass is 10.1. The summed E-state index contributed by atoms with van der Waals surface area (Å²) in [6.07, 6.45) is 1.82. The molecule has 0 aliphatic carbocycles. The van der Waals surface area contributed by atoms with Gasteiger partial charge in [0.15, 0.2) is 5.13 Å². The van der Waals surface area contributed by atoms with Crippen molar-refractivity contribution >= 4 is 44.7 Å². The number of rotatable bonds is 3. The molecule has 0 saturated carbocycles. The van der Waals surface area contributed by atoms with Gasteiger partial charge in [0.1, 0.15) is 0 Å². The molecular formula is C19H17ClN4S. The van der Waals surface area contributed by atoms with Gasteiger partial charge >= 0.3 is 0 Å². The lowest BCUT2D eigenvalue weighted by molar-refractivity contribution is 0.919. The third kappa shape index (κ3) is 2.90. The Labute approximate surface area is 155 Å². The van der Waals surface area contributed by atoms with Crippen LogP contribution < -0.4 is 5.32 Å². The fraction of sp³-hybridized carbons (Fsp3) is 0.158. The van der Waals surface area contributed by atoms with Crippen LogP contribution in [0, 0.1) is 13.8 Å². The van der Waals surface area contributed by atoms with E-state index in [1.54, 1.807) is 11.3 Å². The van der Waals surface area contributed by atoms with Crippen molar-refractivity contribution in [1.29, 1.82) is 0 Å². The molecule has 0 saturated heterocycles. The smallest absolute Gasteiger partial charge is 0.187 e. The van der Waals surface area contributed by atoms with Crippen LogP contribution in [0.15, 0.2) is 41.9 Å². The molecule has 0 fully saturated rings. The zero-order valence-corrected chi connectivity index (χ0v) is 15.7. The molecule has 6 heteroatoms. The Morgan fingerprint density at radius 3 is 2.76 bits per heavy atom. The molecule has 4 nitrogen and oxygen atoms in total. The van der Waals surface area contributed by atoms with Crippen molar-refractivity contribution in [2.75, 3.05) is 5.32 Å². The molecule has 3 aromatic heterocycles. The number of nitrogens with one attached hydrogen (secondary N) is 1. The summed E-state index contributed by atoms with van der Waals surface area (Å²) in [6.45, 7) is 4.08. The molecule has 25 heavy (non-hydrogen) atoms. The molecule has 1 N–H and O–H groups in total. The largest absolute Gasteiger partial charge is 0.347 e. The number of hydrogen-bond donors (Lipinski definition) is 1. The SMILES string of the molecule is Cc1ccc(Nc2nc(-c3c(C)n(C)c4ccc(Cl)cc34)cs2)cn1. The van der Waals surface area contributed by atoms with Crippen molar-refractivity contribution in [2.24, 2.45) is 7.05 Å². The first-order valence-electron chi connectivity index (χ1n) is 7.93. The summed E-state index contributed by atoms with van der Waals surface area (Å²) >= 11 is 7.80. The lowest BCUT2D eigenvalue weighted by Gasteiger charge is -2.02. The van der Waals surface area contributed by atoms with Crippen LogP contribution in [0.1, 0.15) is 11.4 Å². The van der Waals surface area contributed by atoms with Crippen LogP contribution in [0.2, 0.25) is 5.02 Å². The van der Waals surface area contributed by atoms with E-state index in [4.69, 9.17) is 16.6 Å². The van der Waals surface area contributed by atoms with Crippen LogP contribution in [0.5, 0.6) is 0 Å². The van der Waals surface area contributed by atoms with E-state index in [1.807, 2.05) is 37.4 Å². The van der Waals surface area contributed by atoms with Gasteiger partial charge in [-0.2, -0.15) is 0 Å². The number of benzene rings is 1. The number of fused-ring (bicyclic) bond motifs is 1. The van der Waals surface area contributed by atoms with Gasteiger partial charge in [0.2, 0.25) is 0 Å². The number of pyridine rings is 1. The summed E-state index contributed by atoms with van der Waals surface area (Å²) < 4.78 is 2.18. The molecule has 0 spiro atoms. The second-order valence-corrected chi connectivity index (χ2v) is 7.33. The summed E-state index contributed by atoms with van der Waals surface area (Å²) in [5.74, 6) is 0. The molecule has 0 unspecified atom stereocenters. The van der Waals surface area contributed by atoms with Gasteiger partial charge in [0, 0.05) is 45.3 Å². The summed E-state index contributed by atoms with van der Waals surface area (Å²) in [5.41, 5.74) is 6.34. The molecule has 4 rings (SSSR count). The van der Waals surface area contributed by atoms with E-state index in [-0.39, 0.29) is 0 Å². The Bertz CT molecular complexity index is 1060. The minimum atomic E-state index is 0.735. The van der Waals surface area contributed by atoms with E-state index in [0.29, 0.717) is 0 Å². The van der Waals surface area contributed by atoms with Crippen LogP contribution in [-0.4, -0.2) is 14.5 Å². The molecule has 4 aromatic rings. The highest BCUT2D eigenvalue weighted by atomic mass is 35.5. The lowest BCUT2D eigenvalue weighted by Crippen LogP contribution is -1.92. The number of anilines is 2. The van der Waals surface area contributed by atoms with E-state index in [9.17, 15) is 0 Å². The van der Waals surface area contributed by atoms with Gasteiger partial charge in [-0.1, -0.05) is 11.6 Å². The fourth-order valence-electron chi connectivity index (χ4n) is 2.98. The zero-order chi connectivity index (χ0) is 17.6. The van der Waals surface area contributed by atoms with Crippen molar-refractivity contribution < 1.29 is 0 Å². The van der Waals surface area contributed by atoms with E-state index >= 15 is 0 Å². The quantitative estimate of drug-likeness (QED) is 0.503. The van der Waals surface area contributed by atoms with E-state index in [1.165, 1.54) is 5.69 Å². The molecular weight excluding hydrogens is 352 g/mol. The standard InChI is InChI=1S/C19H17ClN4S/c1-11-4-6-14(9-21-11)22-19-23-16(10-25-19)18-12(2)24(3)17-7-5-13(20)8-15(17)18/h4-10H,1-3H3,(H,22,23). The van der Waals surface area contributed by atoms with Crippen molar-refractivity contribution in [2.45, 2.75) is 13.8 Å². The number of nitrogens with zero attached hydrogens (tertiary/aromatic N) is 3. The van der Waals surface area contributed by atoms with Gasteiger partial charge in [-0.3, -0.25) is 4.98 Å². The average Bonchev–Trinajstić information content (AvgIpc) is 3.13. The van der Waals surface area contributed by atoms with Crippen LogP contribution >= 0.6 is 22.9 Å². The third-order valence-electron chi connectivity index (χ3n) is 4.38. The topological polar surface area (TPSA) is 42.7 Å². The maximum Gasteiger partial charge on any atom is 0.187 e. The number of aryl methyl sites for hydroxylation is 2. The number of hydrogen-bond acceptors (Lipinski definition) is 4. The summed E-state index contributed by atoms with van der Waals surface area (Å²) in [6, 6.07) is 9.97. The Balaban J connectivity index is 1.75. The molecule has 0 bridgehead atoms. The maximum absolute atomic E-state index is 6.22. The minimum Gasteiger partial charge on any atom is -0.347 e. The summed E-state index contributed by atoms with van der Waals surface area (Å²) in [7, 11) is 2.07. The van der Waals surface area contributed by atoms with Gasteiger partial charge < -0.3 is 9.88 Å². The molecule has 0 amide bonds. The number of thiazole rings is 1. The van der Waals surface area contributed by atoms with Gasteiger partial charge in [0.05, 0.1) is 17.6 Å². The second kappa shape index (κ2) is 6.17. The Hall–Kier alpha value is -2.37. The van der Waals surface area contributed by atoms with E-state index in [0.717, 1.165) is 43.7 Å². The van der Waals surface area contributed by atoms with Crippen molar-refractivity contribution in [1.82, 2.24) is 14.5 Å². The minimum absolute atomic E-state index is 0.735. The average molecular weight is 369 g/mol. The van der Waals surface area contributed by atoms with Crippen LogP contribution in [0.3, 0.4) is 0 Å². The summed E-state index contributed by atoms with van der Waals surface area (Å²) in [4.78, 5) is 9.08. The van der Waals surface area contributed by atoms with Gasteiger partial charge in [-0.25, -0.2) is 4.98 Å². The first kappa shape index (κ1) is 16.1.